The normalized spacial score (nSPS) is 20.2. The second kappa shape index (κ2) is 8.95. The summed E-state index contributed by atoms with van der Waals surface area (Å²) in [6, 6.07) is 0.0148. The Bertz CT molecular complexity index is 319. The van der Waals surface area contributed by atoms with E-state index in [4.69, 9.17) is 4.74 Å². The van der Waals surface area contributed by atoms with Gasteiger partial charge in [-0.25, -0.2) is 0 Å². The molecule has 0 aromatic rings. The monoisotopic (exact) mass is 285 g/mol. The second-order valence-corrected chi connectivity index (χ2v) is 5.46. The molecule has 1 amide bonds. The summed E-state index contributed by atoms with van der Waals surface area (Å²) >= 11 is 0. The minimum Gasteiger partial charge on any atom is -0.466 e. The maximum absolute atomic E-state index is 11.6. The van der Waals surface area contributed by atoms with Crippen molar-refractivity contribution in [1.82, 2.24) is 4.90 Å². The number of aliphatic hydroxyl groups excluding tert-OH is 1. The quantitative estimate of drug-likeness (QED) is 0.517. The number of ether oxygens (including phenoxy) is 1. The lowest BCUT2D eigenvalue weighted by molar-refractivity contribution is -0.147. The minimum atomic E-state index is -0.123. The summed E-state index contributed by atoms with van der Waals surface area (Å²) in [5.41, 5.74) is 0. The Morgan fingerprint density at radius 3 is 2.85 bits per heavy atom. The van der Waals surface area contributed by atoms with Crippen LogP contribution in [0.3, 0.4) is 0 Å². The molecule has 0 bridgehead atoms. The summed E-state index contributed by atoms with van der Waals surface area (Å²) in [5, 5.41) is 9.20. The lowest BCUT2D eigenvalue weighted by atomic mass is 10.0. The number of esters is 1. The summed E-state index contributed by atoms with van der Waals surface area (Å²) in [4.78, 5) is 24.9. The molecule has 1 rings (SSSR count). The largest absolute Gasteiger partial charge is 0.466 e. The van der Waals surface area contributed by atoms with Crippen LogP contribution in [0.2, 0.25) is 0 Å². The third kappa shape index (κ3) is 5.12. The van der Waals surface area contributed by atoms with Crippen molar-refractivity contribution in [2.24, 2.45) is 5.92 Å². The highest BCUT2D eigenvalue weighted by Crippen LogP contribution is 2.19. The zero-order chi connectivity index (χ0) is 15.0. The maximum atomic E-state index is 11.6. The van der Waals surface area contributed by atoms with Crippen molar-refractivity contribution in [3.05, 3.63) is 0 Å². The predicted octanol–water partition coefficient (Wildman–Crippen LogP) is 1.73. The average molecular weight is 285 g/mol. The van der Waals surface area contributed by atoms with Crippen LogP contribution >= 0.6 is 0 Å². The molecule has 116 valence electrons. The Labute approximate surface area is 121 Å². The van der Waals surface area contributed by atoms with E-state index in [0.717, 1.165) is 38.6 Å². The molecule has 1 aliphatic rings. The number of likely N-dealkylation sites (tertiary alicyclic amines) is 1. The summed E-state index contributed by atoms with van der Waals surface area (Å²) in [7, 11) is 0. The number of amides is 1. The van der Waals surface area contributed by atoms with Crippen molar-refractivity contribution in [2.75, 3.05) is 19.8 Å². The fraction of sp³-hybridized carbons (Fsp3) is 0.867. The highest BCUT2D eigenvalue weighted by atomic mass is 16.5. The summed E-state index contributed by atoms with van der Waals surface area (Å²) < 4.78 is 4.97. The first kappa shape index (κ1) is 17.0. The lowest BCUT2D eigenvalue weighted by Crippen LogP contribution is -2.36. The fourth-order valence-corrected chi connectivity index (χ4v) is 2.60. The number of rotatable bonds is 9. The van der Waals surface area contributed by atoms with Crippen LogP contribution in [-0.4, -0.2) is 47.7 Å². The van der Waals surface area contributed by atoms with Crippen LogP contribution in [0.25, 0.3) is 0 Å². The molecule has 1 aliphatic heterocycles. The number of carbonyl (C=O) groups excluding carboxylic acids is 2. The molecule has 0 saturated carbocycles. The molecule has 0 aromatic heterocycles. The summed E-state index contributed by atoms with van der Waals surface area (Å²) in [6.45, 7) is 4.92. The Kier molecular flexibility index (Phi) is 7.59. The molecule has 1 N–H and O–H groups in total. The SMILES string of the molecule is CCOC(=O)C(C)CCCCCN1C(=O)CCC1CO. The molecule has 1 fully saturated rings. The molecule has 0 spiro atoms. The number of hydrogen-bond acceptors (Lipinski definition) is 4. The van der Waals surface area contributed by atoms with Crippen molar-refractivity contribution in [3.63, 3.8) is 0 Å². The van der Waals surface area contributed by atoms with Crippen molar-refractivity contribution >= 4 is 11.9 Å². The first-order valence-corrected chi connectivity index (χ1v) is 7.67. The number of aliphatic hydroxyl groups is 1. The van der Waals surface area contributed by atoms with Crippen LogP contribution in [0.15, 0.2) is 0 Å². The number of hydrogen-bond donors (Lipinski definition) is 1. The van der Waals surface area contributed by atoms with E-state index in [1.807, 2.05) is 13.8 Å². The van der Waals surface area contributed by atoms with Gasteiger partial charge in [0.05, 0.1) is 25.2 Å². The van der Waals surface area contributed by atoms with E-state index < -0.39 is 0 Å². The van der Waals surface area contributed by atoms with Gasteiger partial charge >= 0.3 is 5.97 Å². The first-order chi connectivity index (χ1) is 9.60. The molecule has 0 radical (unpaired) electrons. The van der Waals surface area contributed by atoms with Crippen LogP contribution < -0.4 is 0 Å². The van der Waals surface area contributed by atoms with Gasteiger partial charge in [-0.3, -0.25) is 9.59 Å². The van der Waals surface area contributed by atoms with Crippen LogP contribution in [0.5, 0.6) is 0 Å². The average Bonchev–Trinajstić information content (AvgIpc) is 2.79. The lowest BCUT2D eigenvalue weighted by Gasteiger charge is -2.23. The third-order valence-corrected chi connectivity index (χ3v) is 3.89. The topological polar surface area (TPSA) is 66.8 Å². The minimum absolute atomic E-state index is 0.0148. The molecule has 2 unspecified atom stereocenters. The van der Waals surface area contributed by atoms with Crippen LogP contribution in [-0.2, 0) is 14.3 Å². The van der Waals surface area contributed by atoms with Crippen molar-refractivity contribution in [3.8, 4) is 0 Å². The van der Waals surface area contributed by atoms with Gasteiger partial charge < -0.3 is 14.7 Å². The van der Waals surface area contributed by atoms with Gasteiger partial charge in [0.1, 0.15) is 0 Å². The van der Waals surface area contributed by atoms with E-state index in [9.17, 15) is 14.7 Å². The Morgan fingerprint density at radius 2 is 2.20 bits per heavy atom. The molecule has 20 heavy (non-hydrogen) atoms. The molecule has 5 heteroatoms. The highest BCUT2D eigenvalue weighted by Gasteiger charge is 2.29. The molecule has 0 aromatic carbocycles. The fourth-order valence-electron chi connectivity index (χ4n) is 2.60. The summed E-state index contributed by atoms with van der Waals surface area (Å²) in [5.74, 6) is -0.0138. The maximum Gasteiger partial charge on any atom is 0.308 e. The molecule has 0 aliphatic carbocycles. The van der Waals surface area contributed by atoms with Gasteiger partial charge in [-0.2, -0.15) is 0 Å². The predicted molar refractivity (Wildman–Crippen MR) is 76.1 cm³/mol. The van der Waals surface area contributed by atoms with Crippen molar-refractivity contribution < 1.29 is 19.4 Å². The van der Waals surface area contributed by atoms with E-state index in [1.165, 1.54) is 0 Å². The zero-order valence-corrected chi connectivity index (χ0v) is 12.6. The van der Waals surface area contributed by atoms with Crippen LogP contribution in [0, 0.1) is 5.92 Å². The van der Waals surface area contributed by atoms with Gasteiger partial charge in [0.15, 0.2) is 0 Å². The van der Waals surface area contributed by atoms with E-state index >= 15 is 0 Å². The number of nitrogens with zero attached hydrogens (tertiary/aromatic N) is 1. The van der Waals surface area contributed by atoms with Gasteiger partial charge in [-0.1, -0.05) is 19.8 Å². The van der Waals surface area contributed by atoms with E-state index in [2.05, 4.69) is 0 Å². The molecule has 5 nitrogen and oxygen atoms in total. The van der Waals surface area contributed by atoms with Gasteiger partial charge in [0.2, 0.25) is 5.91 Å². The first-order valence-electron chi connectivity index (χ1n) is 7.67. The van der Waals surface area contributed by atoms with Crippen molar-refractivity contribution in [2.45, 2.75) is 58.4 Å². The third-order valence-electron chi connectivity index (χ3n) is 3.89. The van der Waals surface area contributed by atoms with E-state index in [-0.39, 0.29) is 30.4 Å². The van der Waals surface area contributed by atoms with Gasteiger partial charge in [-0.05, 0) is 26.2 Å². The second-order valence-electron chi connectivity index (χ2n) is 5.46. The smallest absolute Gasteiger partial charge is 0.308 e. The standard InChI is InChI=1S/C15H27NO4/c1-3-20-15(19)12(2)7-5-4-6-10-16-13(11-17)8-9-14(16)18/h12-13,17H,3-11H2,1-2H3. The molecular weight excluding hydrogens is 258 g/mol. The molecule has 1 saturated heterocycles. The molecular formula is C15H27NO4. The Balaban J connectivity index is 2.12. The Morgan fingerprint density at radius 1 is 1.45 bits per heavy atom. The number of unbranched alkanes of at least 4 members (excludes halogenated alkanes) is 2. The Hall–Kier alpha value is -1.10. The van der Waals surface area contributed by atoms with Crippen molar-refractivity contribution in [1.29, 1.82) is 0 Å². The number of carbonyl (C=O) groups is 2. The summed E-state index contributed by atoms with van der Waals surface area (Å²) in [6.07, 6.45) is 5.05. The van der Waals surface area contributed by atoms with E-state index in [1.54, 1.807) is 4.90 Å². The zero-order valence-electron chi connectivity index (χ0n) is 12.6. The van der Waals surface area contributed by atoms with Gasteiger partial charge in [0, 0.05) is 13.0 Å². The van der Waals surface area contributed by atoms with Crippen LogP contribution in [0.1, 0.15) is 52.4 Å². The van der Waals surface area contributed by atoms with Gasteiger partial charge in [0.25, 0.3) is 0 Å². The molecule has 1 heterocycles. The highest BCUT2D eigenvalue weighted by molar-refractivity contribution is 5.78. The van der Waals surface area contributed by atoms with Crippen LogP contribution in [0.4, 0.5) is 0 Å². The molecule has 2 atom stereocenters. The van der Waals surface area contributed by atoms with E-state index in [0.29, 0.717) is 13.0 Å². The van der Waals surface area contributed by atoms with Gasteiger partial charge in [-0.15, -0.1) is 0 Å².